The molecule has 0 aliphatic carbocycles. The van der Waals surface area contributed by atoms with Gasteiger partial charge < -0.3 is 5.73 Å². The summed E-state index contributed by atoms with van der Waals surface area (Å²) in [7, 11) is -4.41. The van der Waals surface area contributed by atoms with E-state index in [9.17, 15) is 21.6 Å². The number of anilines is 1. The minimum atomic E-state index is -4.64. The highest BCUT2D eigenvalue weighted by Crippen LogP contribution is 2.26. The smallest absolute Gasteiger partial charge is 0.381 e. The topological polar surface area (TPSA) is 80.7 Å². The Morgan fingerprint density at radius 3 is 2.62 bits per heavy atom. The minimum Gasteiger partial charge on any atom is -0.381 e. The third-order valence-corrected chi connectivity index (χ3v) is 4.77. The maximum Gasteiger partial charge on any atom is 0.402 e. The molecular formula is C11H13F3N4O2S. The van der Waals surface area contributed by atoms with Crippen LogP contribution in [-0.4, -0.2) is 41.4 Å². The van der Waals surface area contributed by atoms with Crippen molar-refractivity contribution in [3.05, 3.63) is 24.4 Å². The molecule has 2 aromatic heterocycles. The summed E-state index contributed by atoms with van der Waals surface area (Å²) in [5.74, 6) is -0.332. The van der Waals surface area contributed by atoms with E-state index in [4.69, 9.17) is 5.73 Å². The predicted molar refractivity (Wildman–Crippen MR) is 70.1 cm³/mol. The average molecular weight is 322 g/mol. The maximum atomic E-state index is 12.5. The molecule has 0 saturated heterocycles. The number of hydrogen-bond donors (Lipinski definition) is 1. The zero-order valence-electron chi connectivity index (χ0n) is 11.0. The van der Waals surface area contributed by atoms with Crippen molar-refractivity contribution in [2.45, 2.75) is 18.1 Å². The first-order chi connectivity index (χ1) is 9.66. The minimum absolute atomic E-state index is 0.247. The molecule has 0 aliphatic rings. The van der Waals surface area contributed by atoms with Gasteiger partial charge in [0.25, 0.3) is 10.0 Å². The normalized spacial score (nSPS) is 13.2. The van der Waals surface area contributed by atoms with Gasteiger partial charge >= 0.3 is 6.18 Å². The van der Waals surface area contributed by atoms with Gasteiger partial charge in [0.1, 0.15) is 12.2 Å². The van der Waals surface area contributed by atoms with Crippen molar-refractivity contribution >= 4 is 21.5 Å². The molecule has 10 heteroatoms. The van der Waals surface area contributed by atoms with Crippen molar-refractivity contribution in [1.82, 2.24) is 13.7 Å². The maximum absolute atomic E-state index is 12.5. The summed E-state index contributed by atoms with van der Waals surface area (Å²) < 4.78 is 63.9. The van der Waals surface area contributed by atoms with Crippen molar-refractivity contribution in [1.29, 1.82) is 0 Å². The van der Waals surface area contributed by atoms with E-state index in [1.807, 2.05) is 0 Å². The first kappa shape index (κ1) is 15.6. The quantitative estimate of drug-likeness (QED) is 0.925. The van der Waals surface area contributed by atoms with Crippen LogP contribution in [-0.2, 0) is 10.0 Å². The molecule has 21 heavy (non-hydrogen) atoms. The monoisotopic (exact) mass is 322 g/mol. The van der Waals surface area contributed by atoms with Gasteiger partial charge in [0.05, 0.1) is 0 Å². The largest absolute Gasteiger partial charge is 0.402 e. The molecule has 0 unspecified atom stereocenters. The van der Waals surface area contributed by atoms with Gasteiger partial charge in [-0.15, -0.1) is 0 Å². The van der Waals surface area contributed by atoms with E-state index in [-0.39, 0.29) is 18.0 Å². The Kier molecular flexibility index (Phi) is 3.85. The molecule has 0 spiro atoms. The number of aromatic nitrogens is 2. The fraction of sp³-hybridized carbons (Fsp3) is 0.364. The second kappa shape index (κ2) is 5.19. The van der Waals surface area contributed by atoms with Gasteiger partial charge in [-0.25, -0.2) is 13.4 Å². The number of alkyl halides is 3. The van der Waals surface area contributed by atoms with Crippen LogP contribution in [0.4, 0.5) is 19.0 Å². The van der Waals surface area contributed by atoms with Crippen molar-refractivity contribution in [2.75, 3.05) is 18.8 Å². The van der Waals surface area contributed by atoms with Crippen LogP contribution in [0.15, 0.2) is 29.4 Å². The summed E-state index contributed by atoms with van der Waals surface area (Å²) in [6.07, 6.45) is -3.26. The summed E-state index contributed by atoms with van der Waals surface area (Å²) in [5, 5.41) is -0.454. The van der Waals surface area contributed by atoms with Crippen molar-refractivity contribution in [2.24, 2.45) is 0 Å². The molecule has 0 atom stereocenters. The lowest BCUT2D eigenvalue weighted by molar-refractivity contribution is -0.135. The van der Waals surface area contributed by atoms with Crippen LogP contribution in [0.5, 0.6) is 0 Å². The third-order valence-electron chi connectivity index (χ3n) is 2.80. The van der Waals surface area contributed by atoms with E-state index in [0.29, 0.717) is 4.31 Å². The third kappa shape index (κ3) is 2.95. The number of imidazole rings is 1. The summed E-state index contributed by atoms with van der Waals surface area (Å²) >= 11 is 0. The number of halogens is 3. The van der Waals surface area contributed by atoms with Gasteiger partial charge in [-0.2, -0.15) is 17.5 Å². The van der Waals surface area contributed by atoms with Crippen LogP contribution in [0.1, 0.15) is 6.92 Å². The van der Waals surface area contributed by atoms with E-state index < -0.39 is 27.8 Å². The Morgan fingerprint density at radius 1 is 1.38 bits per heavy atom. The van der Waals surface area contributed by atoms with E-state index in [2.05, 4.69) is 4.98 Å². The summed E-state index contributed by atoms with van der Waals surface area (Å²) in [6, 6.07) is 4.66. The zero-order valence-corrected chi connectivity index (χ0v) is 11.8. The lowest BCUT2D eigenvalue weighted by atomic mass is 10.5. The molecule has 0 aliphatic heterocycles. The van der Waals surface area contributed by atoms with Crippen molar-refractivity contribution in [3.63, 3.8) is 0 Å². The van der Waals surface area contributed by atoms with E-state index in [1.165, 1.54) is 25.3 Å². The Labute approximate surface area is 119 Å². The molecule has 0 fully saturated rings. The van der Waals surface area contributed by atoms with Crippen LogP contribution in [0.3, 0.4) is 0 Å². The molecule has 2 N–H and O–H groups in total. The summed E-state index contributed by atoms with van der Waals surface area (Å²) in [4.78, 5) is 3.85. The Morgan fingerprint density at radius 2 is 2.05 bits per heavy atom. The second-order valence-corrected chi connectivity index (χ2v) is 6.13. The number of nitrogens with two attached hydrogens (primary N) is 1. The van der Waals surface area contributed by atoms with Gasteiger partial charge in [-0.1, -0.05) is 13.0 Å². The highest BCUT2D eigenvalue weighted by molar-refractivity contribution is 7.89. The van der Waals surface area contributed by atoms with E-state index in [1.54, 1.807) is 6.07 Å². The molecule has 0 bridgehead atoms. The van der Waals surface area contributed by atoms with Gasteiger partial charge in [0.2, 0.25) is 0 Å². The molecule has 6 nitrogen and oxygen atoms in total. The summed E-state index contributed by atoms with van der Waals surface area (Å²) in [5.41, 5.74) is 5.82. The van der Waals surface area contributed by atoms with Crippen molar-refractivity contribution < 1.29 is 21.6 Å². The molecule has 2 rings (SSSR count). The Hall–Kier alpha value is -1.81. The second-order valence-electron chi connectivity index (χ2n) is 4.28. The van der Waals surface area contributed by atoms with Crippen LogP contribution in [0.2, 0.25) is 0 Å². The standard InChI is InChI=1S/C11H13F3N4O2S/c1-2-17(7-11(12,13)14)21(19,20)10-9(15)16-8-5-3-4-6-18(8)10/h3-6H,2,7,15H2,1H3. The van der Waals surface area contributed by atoms with Crippen LogP contribution in [0.25, 0.3) is 5.65 Å². The molecule has 0 aromatic carbocycles. The van der Waals surface area contributed by atoms with Gasteiger partial charge in [0.15, 0.2) is 10.8 Å². The van der Waals surface area contributed by atoms with Gasteiger partial charge in [0, 0.05) is 12.7 Å². The predicted octanol–water partition coefficient (Wildman–Crippen LogP) is 1.49. The lowest BCUT2D eigenvalue weighted by Gasteiger charge is -2.21. The molecule has 0 radical (unpaired) electrons. The van der Waals surface area contributed by atoms with Gasteiger partial charge in [-0.05, 0) is 12.1 Å². The number of nitrogen functional groups attached to an aromatic ring is 1. The van der Waals surface area contributed by atoms with Crippen LogP contribution in [0, 0.1) is 0 Å². The molecule has 0 saturated carbocycles. The Bertz CT molecular complexity index is 754. The number of fused-ring (bicyclic) bond motifs is 1. The highest BCUT2D eigenvalue weighted by atomic mass is 32.2. The number of rotatable bonds is 4. The molecule has 0 amide bonds. The van der Waals surface area contributed by atoms with Crippen molar-refractivity contribution in [3.8, 4) is 0 Å². The fourth-order valence-corrected chi connectivity index (χ4v) is 3.55. The number of pyridine rings is 1. The van der Waals surface area contributed by atoms with Crippen LogP contribution < -0.4 is 5.73 Å². The summed E-state index contributed by atoms with van der Waals surface area (Å²) in [6.45, 7) is -0.588. The first-order valence-corrected chi connectivity index (χ1v) is 7.40. The molecule has 116 valence electrons. The molecule has 2 heterocycles. The SMILES string of the molecule is CCN(CC(F)(F)F)S(=O)(=O)c1c(N)nc2ccccn12. The van der Waals surface area contributed by atoms with Crippen LogP contribution >= 0.6 is 0 Å². The number of hydrogen-bond acceptors (Lipinski definition) is 4. The van der Waals surface area contributed by atoms with Gasteiger partial charge in [-0.3, -0.25) is 4.40 Å². The molecular weight excluding hydrogens is 309 g/mol. The van der Waals surface area contributed by atoms with E-state index in [0.717, 1.165) is 4.40 Å². The number of sulfonamides is 1. The fourth-order valence-electron chi connectivity index (χ4n) is 1.94. The Balaban J connectivity index is 2.58. The first-order valence-electron chi connectivity index (χ1n) is 5.96. The highest BCUT2D eigenvalue weighted by Gasteiger charge is 2.38. The van der Waals surface area contributed by atoms with E-state index >= 15 is 0 Å². The molecule has 2 aromatic rings. The lowest BCUT2D eigenvalue weighted by Crippen LogP contribution is -2.39. The number of nitrogens with zero attached hydrogens (tertiary/aromatic N) is 3. The zero-order chi connectivity index (χ0) is 15.8. The average Bonchev–Trinajstić information content (AvgIpc) is 2.71.